The van der Waals surface area contributed by atoms with E-state index in [1.165, 1.54) is 30.9 Å². The molecule has 2 unspecified atom stereocenters. The molecule has 1 aromatic heterocycles. The molecule has 0 spiro atoms. The first-order valence-corrected chi connectivity index (χ1v) is 7.61. The van der Waals surface area contributed by atoms with Gasteiger partial charge in [0, 0.05) is 42.9 Å². The van der Waals surface area contributed by atoms with Crippen LogP contribution in [-0.4, -0.2) is 45.3 Å². The first kappa shape index (κ1) is 13.1. The van der Waals surface area contributed by atoms with E-state index in [1.807, 2.05) is 6.20 Å². The van der Waals surface area contributed by atoms with Crippen molar-refractivity contribution in [3.05, 3.63) is 17.7 Å². The van der Waals surface area contributed by atoms with E-state index in [0.717, 1.165) is 19.5 Å². The zero-order valence-electron chi connectivity index (χ0n) is 12.0. The number of aromatic nitrogens is 2. The lowest BCUT2D eigenvalue weighted by atomic mass is 9.97. The Bertz CT molecular complexity index is 441. The number of likely N-dealkylation sites (tertiary alicyclic amines) is 1. The standard InChI is InChI=1S/C15H25N3O/c1-11(2)17-7-5-12(9-17)15-16-8-14-13(10-19)4-3-6-18(14)15/h8,11-13,19H,3-7,9-10H2,1-2H3. The van der Waals surface area contributed by atoms with E-state index >= 15 is 0 Å². The van der Waals surface area contributed by atoms with Gasteiger partial charge in [-0.25, -0.2) is 4.98 Å². The van der Waals surface area contributed by atoms with E-state index in [9.17, 15) is 5.11 Å². The van der Waals surface area contributed by atoms with Gasteiger partial charge in [-0.1, -0.05) is 0 Å². The molecular formula is C15H25N3O. The molecule has 3 rings (SSSR count). The molecule has 1 saturated heterocycles. The summed E-state index contributed by atoms with van der Waals surface area (Å²) in [6.07, 6.45) is 5.50. The predicted molar refractivity (Wildman–Crippen MR) is 75.4 cm³/mol. The summed E-state index contributed by atoms with van der Waals surface area (Å²) in [5.74, 6) is 2.14. The lowest BCUT2D eigenvalue weighted by molar-refractivity contribution is 0.239. The van der Waals surface area contributed by atoms with Gasteiger partial charge in [-0.05, 0) is 39.7 Å². The van der Waals surface area contributed by atoms with Gasteiger partial charge in [0.1, 0.15) is 5.82 Å². The van der Waals surface area contributed by atoms with Crippen LogP contribution in [0.3, 0.4) is 0 Å². The number of aliphatic hydroxyl groups is 1. The molecule has 1 N–H and O–H groups in total. The van der Waals surface area contributed by atoms with Gasteiger partial charge >= 0.3 is 0 Å². The van der Waals surface area contributed by atoms with Crippen molar-refractivity contribution in [2.75, 3.05) is 19.7 Å². The molecule has 19 heavy (non-hydrogen) atoms. The highest BCUT2D eigenvalue weighted by atomic mass is 16.3. The summed E-state index contributed by atoms with van der Waals surface area (Å²) in [4.78, 5) is 7.24. The summed E-state index contributed by atoms with van der Waals surface area (Å²) in [6, 6.07) is 0.631. The highest BCUT2D eigenvalue weighted by molar-refractivity contribution is 5.17. The monoisotopic (exact) mass is 263 g/mol. The van der Waals surface area contributed by atoms with E-state index in [-0.39, 0.29) is 6.61 Å². The van der Waals surface area contributed by atoms with Gasteiger partial charge < -0.3 is 14.6 Å². The van der Waals surface area contributed by atoms with E-state index in [1.54, 1.807) is 0 Å². The van der Waals surface area contributed by atoms with E-state index < -0.39 is 0 Å². The Labute approximate surface area is 115 Å². The molecule has 0 aliphatic carbocycles. The van der Waals surface area contributed by atoms with Crippen molar-refractivity contribution in [2.45, 2.75) is 57.5 Å². The van der Waals surface area contributed by atoms with Crippen LogP contribution in [0, 0.1) is 0 Å². The van der Waals surface area contributed by atoms with Crippen LogP contribution in [0.25, 0.3) is 0 Å². The topological polar surface area (TPSA) is 41.3 Å². The highest BCUT2D eigenvalue weighted by Gasteiger charge is 2.31. The second-order valence-electron chi connectivity index (χ2n) is 6.29. The van der Waals surface area contributed by atoms with Gasteiger partial charge in [0.15, 0.2) is 0 Å². The Kier molecular flexibility index (Phi) is 3.63. The summed E-state index contributed by atoms with van der Waals surface area (Å²) < 4.78 is 2.39. The van der Waals surface area contributed by atoms with E-state index in [2.05, 4.69) is 23.3 Å². The van der Waals surface area contributed by atoms with Crippen LogP contribution in [0.1, 0.15) is 56.5 Å². The first-order valence-electron chi connectivity index (χ1n) is 7.61. The van der Waals surface area contributed by atoms with Crippen LogP contribution in [0.5, 0.6) is 0 Å². The largest absolute Gasteiger partial charge is 0.396 e. The number of fused-ring (bicyclic) bond motifs is 1. The molecule has 1 aromatic rings. The highest BCUT2D eigenvalue weighted by Crippen LogP contribution is 2.33. The summed E-state index contributed by atoms with van der Waals surface area (Å²) in [6.45, 7) is 8.20. The molecule has 106 valence electrons. The minimum Gasteiger partial charge on any atom is -0.396 e. The molecule has 2 aliphatic rings. The molecule has 2 aliphatic heterocycles. The molecule has 1 fully saturated rings. The molecule has 3 heterocycles. The van der Waals surface area contributed by atoms with E-state index in [0.29, 0.717) is 17.9 Å². The predicted octanol–water partition coefficient (Wildman–Crippen LogP) is 1.95. The van der Waals surface area contributed by atoms with Gasteiger partial charge in [-0.15, -0.1) is 0 Å². The van der Waals surface area contributed by atoms with Crippen molar-refractivity contribution in [3.63, 3.8) is 0 Å². The van der Waals surface area contributed by atoms with Gasteiger partial charge in [0.2, 0.25) is 0 Å². The fraction of sp³-hybridized carbons (Fsp3) is 0.800. The molecule has 0 saturated carbocycles. The lowest BCUT2D eigenvalue weighted by Gasteiger charge is -2.25. The Morgan fingerprint density at radius 2 is 2.21 bits per heavy atom. The van der Waals surface area contributed by atoms with Crippen molar-refractivity contribution < 1.29 is 5.11 Å². The van der Waals surface area contributed by atoms with Crippen molar-refractivity contribution in [1.82, 2.24) is 14.5 Å². The van der Waals surface area contributed by atoms with E-state index in [4.69, 9.17) is 4.98 Å². The first-order chi connectivity index (χ1) is 9.20. The molecule has 4 heteroatoms. The zero-order chi connectivity index (χ0) is 13.4. The number of hydrogen-bond donors (Lipinski definition) is 1. The van der Waals surface area contributed by atoms with Crippen molar-refractivity contribution >= 4 is 0 Å². The summed E-state index contributed by atoms with van der Waals surface area (Å²) in [7, 11) is 0. The molecule has 0 amide bonds. The minimum atomic E-state index is 0.258. The maximum Gasteiger partial charge on any atom is 0.113 e. The Balaban J connectivity index is 1.81. The number of imidazole rings is 1. The van der Waals surface area contributed by atoms with Crippen LogP contribution in [0.2, 0.25) is 0 Å². The molecule has 0 bridgehead atoms. The number of aliphatic hydroxyl groups excluding tert-OH is 1. The minimum absolute atomic E-state index is 0.258. The van der Waals surface area contributed by atoms with Crippen LogP contribution >= 0.6 is 0 Å². The van der Waals surface area contributed by atoms with Crippen LogP contribution < -0.4 is 0 Å². The smallest absolute Gasteiger partial charge is 0.113 e. The van der Waals surface area contributed by atoms with Gasteiger partial charge in [0.25, 0.3) is 0 Å². The fourth-order valence-electron chi connectivity index (χ4n) is 3.59. The Morgan fingerprint density at radius 1 is 1.37 bits per heavy atom. The fourth-order valence-corrected chi connectivity index (χ4v) is 3.59. The van der Waals surface area contributed by atoms with Crippen molar-refractivity contribution in [2.24, 2.45) is 0 Å². The summed E-state index contributed by atoms with van der Waals surface area (Å²) in [5, 5.41) is 9.48. The lowest BCUT2D eigenvalue weighted by Crippen LogP contribution is -2.28. The van der Waals surface area contributed by atoms with Crippen LogP contribution in [-0.2, 0) is 6.54 Å². The maximum absolute atomic E-state index is 9.48. The third kappa shape index (κ3) is 2.32. The normalized spacial score (nSPS) is 28.0. The van der Waals surface area contributed by atoms with Crippen molar-refractivity contribution in [1.29, 1.82) is 0 Å². The third-order valence-electron chi connectivity index (χ3n) is 4.81. The quantitative estimate of drug-likeness (QED) is 0.906. The number of nitrogens with zero attached hydrogens (tertiary/aromatic N) is 3. The molecule has 4 nitrogen and oxygen atoms in total. The Morgan fingerprint density at radius 3 is 2.89 bits per heavy atom. The average molecular weight is 263 g/mol. The summed E-state index contributed by atoms with van der Waals surface area (Å²) in [5.41, 5.74) is 1.26. The zero-order valence-corrected chi connectivity index (χ0v) is 12.0. The third-order valence-corrected chi connectivity index (χ3v) is 4.81. The molecular weight excluding hydrogens is 238 g/mol. The Hall–Kier alpha value is -0.870. The van der Waals surface area contributed by atoms with Gasteiger partial charge in [-0.3, -0.25) is 0 Å². The number of rotatable bonds is 3. The second kappa shape index (κ2) is 5.25. The number of hydrogen-bond acceptors (Lipinski definition) is 3. The van der Waals surface area contributed by atoms with Gasteiger partial charge in [-0.2, -0.15) is 0 Å². The molecule has 0 aromatic carbocycles. The maximum atomic E-state index is 9.48. The van der Waals surface area contributed by atoms with Crippen molar-refractivity contribution in [3.8, 4) is 0 Å². The second-order valence-corrected chi connectivity index (χ2v) is 6.29. The van der Waals surface area contributed by atoms with Crippen LogP contribution in [0.15, 0.2) is 6.20 Å². The molecule has 2 atom stereocenters. The summed E-state index contributed by atoms with van der Waals surface area (Å²) >= 11 is 0. The van der Waals surface area contributed by atoms with Gasteiger partial charge in [0.05, 0.1) is 6.61 Å². The SMILES string of the molecule is CC(C)N1CCC(c2ncc3n2CCCC3CO)C1. The molecule has 0 radical (unpaired) electrons. The average Bonchev–Trinajstić information content (AvgIpc) is 3.04. The van der Waals surface area contributed by atoms with Crippen LogP contribution in [0.4, 0.5) is 0 Å².